The van der Waals surface area contributed by atoms with E-state index in [4.69, 9.17) is 27.9 Å². The Morgan fingerprint density at radius 3 is 2.40 bits per heavy atom. The van der Waals surface area contributed by atoms with E-state index >= 15 is 0 Å². The van der Waals surface area contributed by atoms with Gasteiger partial charge in [0, 0.05) is 11.6 Å². The van der Waals surface area contributed by atoms with Gasteiger partial charge in [-0.3, -0.25) is 4.79 Å². The van der Waals surface area contributed by atoms with E-state index < -0.39 is 11.6 Å². The summed E-state index contributed by atoms with van der Waals surface area (Å²) in [6, 6.07) is 7.45. The first-order valence-corrected chi connectivity index (χ1v) is 6.29. The van der Waals surface area contributed by atoms with Crippen LogP contribution in [0.2, 0.25) is 10.0 Å². The van der Waals surface area contributed by atoms with Gasteiger partial charge >= 0.3 is 0 Å². The van der Waals surface area contributed by atoms with E-state index in [1.54, 1.807) is 0 Å². The van der Waals surface area contributed by atoms with Crippen LogP contribution in [0.5, 0.6) is 5.75 Å². The van der Waals surface area contributed by atoms with Crippen molar-refractivity contribution in [3.05, 3.63) is 63.6 Å². The van der Waals surface area contributed by atoms with E-state index in [0.29, 0.717) is 10.6 Å². The maximum Gasteiger partial charge on any atom is 0.200 e. The third-order valence-electron chi connectivity index (χ3n) is 2.50. The van der Waals surface area contributed by atoms with Gasteiger partial charge < -0.3 is 4.74 Å². The number of ether oxygens (including phenoxy) is 1. The molecule has 2 rings (SSSR count). The summed E-state index contributed by atoms with van der Waals surface area (Å²) >= 11 is 11.5. The first-order chi connectivity index (χ1) is 9.47. The Bertz CT molecular complexity index is 660. The fourth-order valence-corrected chi connectivity index (χ4v) is 1.77. The van der Waals surface area contributed by atoms with Gasteiger partial charge in [0.25, 0.3) is 0 Å². The number of benzene rings is 2. The summed E-state index contributed by atoms with van der Waals surface area (Å²) in [7, 11) is 0. The Morgan fingerprint density at radius 2 is 1.75 bits per heavy atom. The molecule has 2 aromatic carbocycles. The fourth-order valence-electron chi connectivity index (χ4n) is 1.47. The highest BCUT2D eigenvalue weighted by atomic mass is 35.5. The van der Waals surface area contributed by atoms with Crippen molar-refractivity contribution in [1.82, 2.24) is 0 Å². The van der Waals surface area contributed by atoms with Crippen molar-refractivity contribution in [2.24, 2.45) is 0 Å². The third-order valence-corrected chi connectivity index (χ3v) is 3.24. The summed E-state index contributed by atoms with van der Waals surface area (Å²) in [5.41, 5.74) is 0.321. The highest BCUT2D eigenvalue weighted by Crippen LogP contribution is 2.23. The largest absolute Gasteiger partial charge is 0.485 e. The van der Waals surface area contributed by atoms with E-state index in [9.17, 15) is 13.6 Å². The molecule has 20 heavy (non-hydrogen) atoms. The normalized spacial score (nSPS) is 10.4. The van der Waals surface area contributed by atoms with Crippen LogP contribution in [-0.4, -0.2) is 12.4 Å². The van der Waals surface area contributed by atoms with Crippen molar-refractivity contribution >= 4 is 29.0 Å². The predicted octanol–water partition coefficient (Wildman–Crippen LogP) is 4.53. The molecule has 2 nitrogen and oxygen atoms in total. The van der Waals surface area contributed by atoms with E-state index in [0.717, 1.165) is 12.1 Å². The zero-order valence-corrected chi connectivity index (χ0v) is 11.5. The Hall–Kier alpha value is -1.65. The van der Waals surface area contributed by atoms with Gasteiger partial charge in [0.05, 0.1) is 10.0 Å². The van der Waals surface area contributed by atoms with Gasteiger partial charge in [-0.25, -0.2) is 8.78 Å². The number of carbonyl (C=O) groups is 1. The second-order valence-corrected chi connectivity index (χ2v) is 4.73. The van der Waals surface area contributed by atoms with Gasteiger partial charge in [-0.1, -0.05) is 23.2 Å². The summed E-state index contributed by atoms with van der Waals surface area (Å²) in [4.78, 5) is 11.8. The fraction of sp³-hybridized carbons (Fsp3) is 0.0714. The number of rotatable bonds is 4. The quantitative estimate of drug-likeness (QED) is 0.774. The first kappa shape index (κ1) is 14.8. The Labute approximate surface area is 123 Å². The van der Waals surface area contributed by atoms with E-state index in [1.165, 1.54) is 24.3 Å². The summed E-state index contributed by atoms with van der Waals surface area (Å²) in [5.74, 6) is -2.30. The molecule has 0 aliphatic heterocycles. The van der Waals surface area contributed by atoms with Gasteiger partial charge in [-0.2, -0.15) is 0 Å². The summed E-state index contributed by atoms with van der Waals surface area (Å²) in [6.45, 7) is -0.316. The predicted molar refractivity (Wildman–Crippen MR) is 72.6 cm³/mol. The maximum absolute atomic E-state index is 13.0. The van der Waals surface area contributed by atoms with Crippen molar-refractivity contribution in [2.45, 2.75) is 0 Å². The zero-order chi connectivity index (χ0) is 14.7. The molecule has 0 aliphatic rings. The molecular weight excluding hydrogens is 309 g/mol. The number of Topliss-reactive ketones (excluding diaryl/α,β-unsaturated/α-hetero) is 1. The molecule has 0 amide bonds. The number of hydrogen-bond donors (Lipinski definition) is 0. The molecule has 0 saturated heterocycles. The lowest BCUT2D eigenvalue weighted by atomic mass is 10.1. The number of halogens is 4. The van der Waals surface area contributed by atoms with Crippen molar-refractivity contribution in [3.8, 4) is 5.75 Å². The monoisotopic (exact) mass is 316 g/mol. The lowest BCUT2D eigenvalue weighted by Crippen LogP contribution is -2.11. The van der Waals surface area contributed by atoms with Crippen molar-refractivity contribution in [3.63, 3.8) is 0 Å². The van der Waals surface area contributed by atoms with Gasteiger partial charge in [0.1, 0.15) is 5.75 Å². The topological polar surface area (TPSA) is 26.3 Å². The lowest BCUT2D eigenvalue weighted by molar-refractivity contribution is 0.0921. The Morgan fingerprint density at radius 1 is 1.00 bits per heavy atom. The first-order valence-electron chi connectivity index (χ1n) is 5.53. The molecule has 0 fully saturated rings. The molecule has 0 aliphatic carbocycles. The SMILES string of the molecule is O=C(COc1ccc(F)c(F)c1)c1ccc(Cl)c(Cl)c1. The average molecular weight is 317 g/mol. The molecule has 0 radical (unpaired) electrons. The minimum absolute atomic E-state index is 0.0670. The number of ketones is 1. The minimum atomic E-state index is -1.04. The molecule has 0 atom stereocenters. The zero-order valence-electron chi connectivity index (χ0n) is 10.00. The molecule has 104 valence electrons. The minimum Gasteiger partial charge on any atom is -0.485 e. The average Bonchev–Trinajstić information content (AvgIpc) is 2.43. The van der Waals surface area contributed by atoms with Gasteiger partial charge in [0.2, 0.25) is 0 Å². The summed E-state index contributed by atoms with van der Waals surface area (Å²) < 4.78 is 30.8. The van der Waals surface area contributed by atoms with Crippen LogP contribution in [0.1, 0.15) is 10.4 Å². The van der Waals surface area contributed by atoms with Crippen LogP contribution < -0.4 is 4.74 Å². The highest BCUT2D eigenvalue weighted by Gasteiger charge is 2.10. The summed E-state index contributed by atoms with van der Waals surface area (Å²) in [5, 5.41) is 0.593. The van der Waals surface area contributed by atoms with E-state index in [-0.39, 0.29) is 23.2 Å². The van der Waals surface area contributed by atoms with Crippen molar-refractivity contribution in [1.29, 1.82) is 0 Å². The van der Waals surface area contributed by atoms with Gasteiger partial charge in [-0.05, 0) is 30.3 Å². The molecule has 0 unspecified atom stereocenters. The van der Waals surface area contributed by atoms with E-state index in [1.807, 2.05) is 0 Å². The van der Waals surface area contributed by atoms with Crippen LogP contribution in [0.15, 0.2) is 36.4 Å². The molecule has 0 saturated carbocycles. The van der Waals surface area contributed by atoms with Crippen molar-refractivity contribution in [2.75, 3.05) is 6.61 Å². The van der Waals surface area contributed by atoms with Gasteiger partial charge in [-0.15, -0.1) is 0 Å². The van der Waals surface area contributed by atoms with Crippen molar-refractivity contribution < 1.29 is 18.3 Å². The molecule has 0 spiro atoms. The molecule has 0 N–H and O–H groups in total. The maximum atomic E-state index is 13.0. The Balaban J connectivity index is 2.04. The van der Waals surface area contributed by atoms with Crippen LogP contribution in [0, 0.1) is 11.6 Å². The molecule has 0 bridgehead atoms. The highest BCUT2D eigenvalue weighted by molar-refractivity contribution is 6.42. The molecule has 6 heteroatoms. The van der Waals surface area contributed by atoms with Crippen LogP contribution in [0.3, 0.4) is 0 Å². The second-order valence-electron chi connectivity index (χ2n) is 3.92. The number of hydrogen-bond acceptors (Lipinski definition) is 2. The molecule has 2 aromatic rings. The van der Waals surface area contributed by atoms with Crippen LogP contribution in [-0.2, 0) is 0 Å². The number of carbonyl (C=O) groups excluding carboxylic acids is 1. The lowest BCUT2D eigenvalue weighted by Gasteiger charge is -2.06. The van der Waals surface area contributed by atoms with E-state index in [2.05, 4.69) is 0 Å². The third kappa shape index (κ3) is 3.46. The van der Waals surface area contributed by atoms with Crippen LogP contribution >= 0.6 is 23.2 Å². The molecule has 0 heterocycles. The molecular formula is C14H8Cl2F2O2. The van der Waals surface area contributed by atoms with Gasteiger partial charge in [0.15, 0.2) is 24.0 Å². The second kappa shape index (κ2) is 6.20. The summed E-state index contributed by atoms with van der Waals surface area (Å²) in [6.07, 6.45) is 0. The van der Waals surface area contributed by atoms with Crippen LogP contribution in [0.25, 0.3) is 0 Å². The molecule has 0 aromatic heterocycles. The smallest absolute Gasteiger partial charge is 0.200 e. The standard InChI is InChI=1S/C14H8Cl2F2O2/c15-10-3-1-8(5-11(10)16)14(19)7-20-9-2-4-12(17)13(18)6-9/h1-6H,7H2. The Kier molecular flexibility index (Phi) is 4.57. The van der Waals surface area contributed by atoms with Crippen LogP contribution in [0.4, 0.5) is 8.78 Å².